The minimum atomic E-state index is -0.809. The summed E-state index contributed by atoms with van der Waals surface area (Å²) in [6.07, 6.45) is -0.949. The topological polar surface area (TPSA) is 117 Å². The van der Waals surface area contributed by atoms with Gasteiger partial charge in [0.25, 0.3) is 0 Å². The third kappa shape index (κ3) is 8.15. The van der Waals surface area contributed by atoms with Crippen LogP contribution in [0.15, 0.2) is 109 Å². The maximum Gasteiger partial charge on any atom is 0.249 e. The second-order valence-electron chi connectivity index (χ2n) is 12.4. The highest BCUT2D eigenvalue weighted by atomic mass is 16.5. The standard InChI is InChI=1S/C39H42N2O6/c42-32-22-28-16-7-9-18-30(28)36(32)40-38(44)34(46-24-26-12-3-1-4-13-26)20-11-21-35(47-25-27-14-5-2-6-15-27)39(45)41-37-31-19-10-8-17-29(31)23-33(37)43/h1-10,12-19,32-37,42-43H,11,20-25H2,(H,40,44)(H,41,45)/t32-,33-,34?,35?,36+,37+/m1/s1. The van der Waals surface area contributed by atoms with Crippen molar-refractivity contribution in [3.63, 3.8) is 0 Å². The molecule has 0 saturated carbocycles. The molecule has 0 heterocycles. The van der Waals surface area contributed by atoms with Crippen LogP contribution < -0.4 is 10.6 Å². The van der Waals surface area contributed by atoms with Crippen LogP contribution in [0, 0.1) is 0 Å². The molecule has 4 aromatic carbocycles. The highest BCUT2D eigenvalue weighted by Gasteiger charge is 2.35. The Hall–Kier alpha value is -4.34. The molecule has 8 nitrogen and oxygen atoms in total. The first-order valence-electron chi connectivity index (χ1n) is 16.4. The van der Waals surface area contributed by atoms with Crippen LogP contribution in [0.4, 0.5) is 0 Å². The molecule has 0 aliphatic heterocycles. The van der Waals surface area contributed by atoms with Gasteiger partial charge in [0.15, 0.2) is 0 Å². The monoisotopic (exact) mass is 634 g/mol. The van der Waals surface area contributed by atoms with Crippen LogP contribution in [-0.4, -0.2) is 46.4 Å². The van der Waals surface area contributed by atoms with Gasteiger partial charge in [-0.1, -0.05) is 109 Å². The van der Waals surface area contributed by atoms with Crippen molar-refractivity contribution in [1.29, 1.82) is 0 Å². The van der Waals surface area contributed by atoms with E-state index in [1.54, 1.807) is 0 Å². The summed E-state index contributed by atoms with van der Waals surface area (Å²) in [5.41, 5.74) is 5.75. The Morgan fingerprint density at radius 1 is 0.596 bits per heavy atom. The maximum absolute atomic E-state index is 13.7. The molecular formula is C39H42N2O6. The number of amides is 2. The van der Waals surface area contributed by atoms with E-state index >= 15 is 0 Å². The second-order valence-corrected chi connectivity index (χ2v) is 12.4. The zero-order chi connectivity index (χ0) is 32.6. The molecule has 2 aliphatic rings. The molecule has 0 aromatic heterocycles. The molecule has 6 atom stereocenters. The molecule has 47 heavy (non-hydrogen) atoms. The smallest absolute Gasteiger partial charge is 0.249 e. The number of nitrogens with one attached hydrogen (secondary N) is 2. The second kappa shape index (κ2) is 15.5. The van der Waals surface area contributed by atoms with Crippen LogP contribution >= 0.6 is 0 Å². The molecular weight excluding hydrogens is 592 g/mol. The van der Waals surface area contributed by atoms with Gasteiger partial charge >= 0.3 is 0 Å². The molecule has 0 saturated heterocycles. The number of rotatable bonds is 14. The predicted molar refractivity (Wildman–Crippen MR) is 178 cm³/mol. The van der Waals surface area contributed by atoms with Gasteiger partial charge in [0, 0.05) is 12.8 Å². The number of fused-ring (bicyclic) bond motifs is 2. The van der Waals surface area contributed by atoms with Gasteiger partial charge in [-0.3, -0.25) is 9.59 Å². The Balaban J connectivity index is 1.14. The number of hydrogen-bond acceptors (Lipinski definition) is 6. The van der Waals surface area contributed by atoms with Crippen molar-refractivity contribution in [3.8, 4) is 0 Å². The first kappa shape index (κ1) is 32.6. The van der Waals surface area contributed by atoms with Crippen LogP contribution in [0.5, 0.6) is 0 Å². The van der Waals surface area contributed by atoms with Crippen LogP contribution in [0.3, 0.4) is 0 Å². The Labute approximate surface area is 275 Å². The van der Waals surface area contributed by atoms with Crippen LogP contribution in [0.25, 0.3) is 0 Å². The van der Waals surface area contributed by atoms with Crippen LogP contribution in [-0.2, 0) is 45.1 Å². The number of ether oxygens (including phenoxy) is 2. The van der Waals surface area contributed by atoms with E-state index in [9.17, 15) is 19.8 Å². The normalized spacial score (nSPS) is 21.0. The van der Waals surface area contributed by atoms with E-state index in [1.165, 1.54) is 0 Å². The zero-order valence-electron chi connectivity index (χ0n) is 26.3. The molecule has 244 valence electrons. The molecule has 0 fully saturated rings. The van der Waals surface area contributed by atoms with Crippen LogP contribution in [0.1, 0.15) is 64.7 Å². The van der Waals surface area contributed by atoms with Crippen molar-refractivity contribution in [2.24, 2.45) is 0 Å². The highest BCUT2D eigenvalue weighted by Crippen LogP contribution is 2.33. The molecule has 4 N–H and O–H groups in total. The SMILES string of the molecule is O=C(N[C@H]1c2ccccc2C[C@H]1O)C(CCCC(OCc1ccccc1)C(=O)N[C@H]1c2ccccc2C[C@H]1O)OCc1ccccc1. The summed E-state index contributed by atoms with van der Waals surface area (Å²) in [5.74, 6) is -0.614. The molecule has 8 heteroatoms. The number of aliphatic hydroxyl groups is 2. The minimum absolute atomic E-state index is 0.246. The Kier molecular flexibility index (Phi) is 10.7. The summed E-state index contributed by atoms with van der Waals surface area (Å²) in [6.45, 7) is 0.492. The lowest BCUT2D eigenvalue weighted by atomic mass is 10.0. The minimum Gasteiger partial charge on any atom is -0.390 e. The van der Waals surface area contributed by atoms with Crippen molar-refractivity contribution < 1.29 is 29.3 Å². The quantitative estimate of drug-likeness (QED) is 0.157. The average molecular weight is 635 g/mol. The predicted octanol–water partition coefficient (Wildman–Crippen LogP) is 4.88. The fourth-order valence-electron chi connectivity index (χ4n) is 6.60. The third-order valence-electron chi connectivity index (χ3n) is 9.11. The number of carbonyl (C=O) groups excluding carboxylic acids is 2. The van der Waals surface area contributed by atoms with Gasteiger partial charge in [0.2, 0.25) is 11.8 Å². The van der Waals surface area contributed by atoms with Gasteiger partial charge in [-0.25, -0.2) is 0 Å². The van der Waals surface area contributed by atoms with Crippen molar-refractivity contribution >= 4 is 11.8 Å². The third-order valence-corrected chi connectivity index (χ3v) is 9.11. The van der Waals surface area contributed by atoms with E-state index in [-0.39, 0.29) is 25.0 Å². The van der Waals surface area contributed by atoms with Gasteiger partial charge in [-0.2, -0.15) is 0 Å². The van der Waals surface area contributed by atoms with E-state index in [1.807, 2.05) is 109 Å². The Bertz CT molecular complexity index is 1510. The largest absolute Gasteiger partial charge is 0.390 e. The number of hydrogen-bond donors (Lipinski definition) is 4. The average Bonchev–Trinajstić information content (AvgIpc) is 3.59. The lowest BCUT2D eigenvalue weighted by Crippen LogP contribution is -2.42. The molecule has 0 radical (unpaired) electrons. The Morgan fingerprint density at radius 3 is 1.40 bits per heavy atom. The first-order valence-corrected chi connectivity index (χ1v) is 16.4. The van der Waals surface area contributed by atoms with Gasteiger partial charge in [-0.15, -0.1) is 0 Å². The summed E-state index contributed by atoms with van der Waals surface area (Å²) in [7, 11) is 0. The highest BCUT2D eigenvalue weighted by molar-refractivity contribution is 5.82. The van der Waals surface area contributed by atoms with E-state index < -0.39 is 36.5 Å². The molecule has 2 aliphatic carbocycles. The first-order chi connectivity index (χ1) is 23.0. The van der Waals surface area contributed by atoms with E-state index in [0.717, 1.165) is 33.4 Å². The number of carbonyl (C=O) groups is 2. The fourth-order valence-corrected chi connectivity index (χ4v) is 6.60. The Morgan fingerprint density at radius 2 is 0.979 bits per heavy atom. The molecule has 2 unspecified atom stereocenters. The van der Waals surface area contributed by atoms with E-state index in [4.69, 9.17) is 9.47 Å². The summed E-state index contributed by atoms with van der Waals surface area (Å²) in [6, 6.07) is 33.8. The zero-order valence-corrected chi connectivity index (χ0v) is 26.3. The number of benzene rings is 4. The number of aliphatic hydroxyl groups excluding tert-OH is 2. The molecule has 4 aromatic rings. The lowest BCUT2D eigenvalue weighted by molar-refractivity contribution is -0.137. The molecule has 0 spiro atoms. The summed E-state index contributed by atoms with van der Waals surface area (Å²) < 4.78 is 12.4. The molecule has 2 amide bonds. The molecule has 0 bridgehead atoms. The van der Waals surface area contributed by atoms with Gasteiger partial charge in [-0.05, 0) is 52.6 Å². The van der Waals surface area contributed by atoms with E-state index in [0.29, 0.717) is 32.1 Å². The van der Waals surface area contributed by atoms with Crippen molar-refractivity contribution in [2.75, 3.05) is 0 Å². The maximum atomic E-state index is 13.7. The van der Waals surface area contributed by atoms with Crippen molar-refractivity contribution in [2.45, 2.75) is 81.8 Å². The van der Waals surface area contributed by atoms with Crippen molar-refractivity contribution in [3.05, 3.63) is 143 Å². The fraction of sp³-hybridized carbons (Fsp3) is 0.333. The van der Waals surface area contributed by atoms with Gasteiger partial charge in [0.1, 0.15) is 12.2 Å². The summed E-state index contributed by atoms with van der Waals surface area (Å²) in [5, 5.41) is 27.6. The van der Waals surface area contributed by atoms with Gasteiger partial charge < -0.3 is 30.3 Å². The van der Waals surface area contributed by atoms with E-state index in [2.05, 4.69) is 10.6 Å². The summed E-state index contributed by atoms with van der Waals surface area (Å²) in [4.78, 5) is 27.4. The lowest BCUT2D eigenvalue weighted by Gasteiger charge is -2.25. The van der Waals surface area contributed by atoms with Gasteiger partial charge in [0.05, 0.1) is 37.5 Å². The van der Waals surface area contributed by atoms with Crippen molar-refractivity contribution in [1.82, 2.24) is 10.6 Å². The summed E-state index contributed by atoms with van der Waals surface area (Å²) >= 11 is 0. The van der Waals surface area contributed by atoms with Crippen LogP contribution in [0.2, 0.25) is 0 Å². The molecule has 6 rings (SSSR count).